The minimum Gasteiger partial charge on any atom is -0.477 e. The molecule has 3 aromatic carbocycles. The number of fused-ring (bicyclic) bond motifs is 1. The van der Waals surface area contributed by atoms with Crippen molar-refractivity contribution in [3.8, 4) is 11.1 Å². The molecule has 4 rings (SSSR count). The molecule has 4 N–H and O–H groups in total. The molecule has 36 heavy (non-hydrogen) atoms. The van der Waals surface area contributed by atoms with Gasteiger partial charge in [0.1, 0.15) is 11.6 Å². The van der Waals surface area contributed by atoms with E-state index in [0.29, 0.717) is 16.8 Å². The van der Waals surface area contributed by atoms with Crippen LogP contribution in [0.4, 0.5) is 5.69 Å². The number of H-pyrrole nitrogens is 1. The van der Waals surface area contributed by atoms with E-state index in [1.165, 1.54) is 11.6 Å². The number of aromatic carboxylic acids is 1. The van der Waals surface area contributed by atoms with Gasteiger partial charge in [-0.1, -0.05) is 43.3 Å². The number of aryl methyl sites for hydroxylation is 1. The number of aromatic amines is 1. The summed E-state index contributed by atoms with van der Waals surface area (Å²) in [5, 5.41) is 14.6. The highest BCUT2D eigenvalue weighted by Gasteiger charge is 2.18. The fourth-order valence-corrected chi connectivity index (χ4v) is 3.80. The molecule has 0 aliphatic rings. The van der Waals surface area contributed by atoms with Crippen LogP contribution in [-0.2, 0) is 11.2 Å². The number of anilines is 1. The van der Waals surface area contributed by atoms with Crippen molar-refractivity contribution in [2.24, 2.45) is 0 Å². The summed E-state index contributed by atoms with van der Waals surface area (Å²) in [7, 11) is 0. The predicted molar refractivity (Wildman–Crippen MR) is 138 cm³/mol. The van der Waals surface area contributed by atoms with Crippen LogP contribution in [0.15, 0.2) is 77.7 Å². The first-order valence-electron chi connectivity index (χ1n) is 11.5. The molecule has 0 aliphatic heterocycles. The second-order valence-corrected chi connectivity index (χ2v) is 8.41. The van der Waals surface area contributed by atoms with Gasteiger partial charge in [0.05, 0.1) is 0 Å². The fraction of sp³-hybridized carbons (Fsp3) is 0.143. The Morgan fingerprint density at radius 2 is 1.58 bits per heavy atom. The number of carboxylic acids is 1. The average Bonchev–Trinajstić information content (AvgIpc) is 2.89. The third-order valence-electron chi connectivity index (χ3n) is 5.96. The molecule has 1 heterocycles. The number of nitrogens with one attached hydrogen (secondary N) is 3. The molecule has 0 radical (unpaired) electrons. The highest BCUT2D eigenvalue weighted by molar-refractivity contribution is 6.02. The molecule has 8 heteroatoms. The van der Waals surface area contributed by atoms with Crippen LogP contribution in [-0.4, -0.2) is 33.9 Å². The monoisotopic (exact) mass is 483 g/mol. The average molecular weight is 484 g/mol. The number of pyridine rings is 1. The van der Waals surface area contributed by atoms with Gasteiger partial charge in [-0.05, 0) is 60.4 Å². The molecule has 4 aromatic rings. The standard InChI is InChI=1S/C28H25N3O5/c1-3-17-4-6-18(7-5-17)19-8-10-20(11-9-19)27(34)30-16(2)26(33)31-21-12-13-24-22(14-21)25(32)23(15-29-24)28(35)36/h4-16H,3H2,1-2H3,(H,29,32)(H,30,34)(H,31,33)(H,35,36)/t16-/m0/s1. The van der Waals surface area contributed by atoms with Gasteiger partial charge in [0.15, 0.2) is 0 Å². The van der Waals surface area contributed by atoms with Crippen molar-refractivity contribution in [2.45, 2.75) is 26.3 Å². The number of benzene rings is 3. The Bertz CT molecular complexity index is 1510. The highest BCUT2D eigenvalue weighted by Crippen LogP contribution is 2.21. The van der Waals surface area contributed by atoms with Crippen LogP contribution in [0.3, 0.4) is 0 Å². The van der Waals surface area contributed by atoms with Crippen LogP contribution in [0.2, 0.25) is 0 Å². The number of hydrogen-bond donors (Lipinski definition) is 4. The van der Waals surface area contributed by atoms with Crippen molar-refractivity contribution in [1.29, 1.82) is 0 Å². The summed E-state index contributed by atoms with van der Waals surface area (Å²) in [4.78, 5) is 51.7. The van der Waals surface area contributed by atoms with Gasteiger partial charge in [0.25, 0.3) is 5.91 Å². The highest BCUT2D eigenvalue weighted by atomic mass is 16.4. The van der Waals surface area contributed by atoms with Gasteiger partial charge in [-0.2, -0.15) is 0 Å². The number of hydrogen-bond acceptors (Lipinski definition) is 4. The Morgan fingerprint density at radius 1 is 0.944 bits per heavy atom. The molecule has 0 fully saturated rings. The summed E-state index contributed by atoms with van der Waals surface area (Å²) in [5.41, 5.74) is 3.40. The molecule has 182 valence electrons. The van der Waals surface area contributed by atoms with E-state index in [1.54, 1.807) is 31.2 Å². The van der Waals surface area contributed by atoms with Crippen molar-refractivity contribution < 1.29 is 19.5 Å². The molecule has 0 spiro atoms. The van der Waals surface area contributed by atoms with E-state index in [0.717, 1.165) is 23.7 Å². The Morgan fingerprint density at radius 3 is 2.19 bits per heavy atom. The second kappa shape index (κ2) is 10.3. The number of carboxylic acid groups (broad SMARTS) is 1. The van der Waals surface area contributed by atoms with E-state index in [2.05, 4.69) is 34.7 Å². The van der Waals surface area contributed by atoms with Crippen molar-refractivity contribution >= 4 is 34.4 Å². The zero-order valence-electron chi connectivity index (χ0n) is 19.8. The van der Waals surface area contributed by atoms with E-state index in [4.69, 9.17) is 5.11 Å². The summed E-state index contributed by atoms with van der Waals surface area (Å²) in [5.74, 6) is -2.22. The quantitative estimate of drug-likeness (QED) is 0.313. The lowest BCUT2D eigenvalue weighted by Gasteiger charge is -2.15. The Kier molecular flexibility index (Phi) is 6.96. The van der Waals surface area contributed by atoms with E-state index in [1.807, 2.05) is 24.3 Å². The van der Waals surface area contributed by atoms with Crippen LogP contribution in [0, 0.1) is 0 Å². The third kappa shape index (κ3) is 5.17. The normalized spacial score (nSPS) is 11.6. The van der Waals surface area contributed by atoms with Gasteiger partial charge in [0.2, 0.25) is 11.3 Å². The predicted octanol–water partition coefficient (Wildman–Crippen LogP) is 4.21. The van der Waals surface area contributed by atoms with Crippen molar-refractivity contribution in [1.82, 2.24) is 10.3 Å². The van der Waals surface area contributed by atoms with Crippen LogP contribution >= 0.6 is 0 Å². The molecule has 0 saturated heterocycles. The number of carbonyl (C=O) groups is 3. The summed E-state index contributed by atoms with van der Waals surface area (Å²) in [6.45, 7) is 3.65. The maximum atomic E-state index is 12.7. The van der Waals surface area contributed by atoms with Gasteiger partial charge < -0.3 is 20.7 Å². The Labute approximate surface area is 207 Å². The summed E-state index contributed by atoms with van der Waals surface area (Å²) >= 11 is 0. The molecular formula is C28H25N3O5. The topological polar surface area (TPSA) is 128 Å². The molecule has 0 unspecified atom stereocenters. The van der Waals surface area contributed by atoms with Gasteiger partial charge in [-0.3, -0.25) is 14.4 Å². The van der Waals surface area contributed by atoms with Gasteiger partial charge >= 0.3 is 5.97 Å². The lowest BCUT2D eigenvalue weighted by Crippen LogP contribution is -2.41. The first-order chi connectivity index (χ1) is 17.3. The summed E-state index contributed by atoms with van der Waals surface area (Å²) < 4.78 is 0. The van der Waals surface area contributed by atoms with E-state index >= 15 is 0 Å². The maximum Gasteiger partial charge on any atom is 0.341 e. The lowest BCUT2D eigenvalue weighted by molar-refractivity contribution is -0.117. The minimum atomic E-state index is -1.34. The first kappa shape index (κ1) is 24.4. The van der Waals surface area contributed by atoms with E-state index in [9.17, 15) is 19.2 Å². The number of rotatable bonds is 7. The second-order valence-electron chi connectivity index (χ2n) is 8.41. The first-order valence-corrected chi connectivity index (χ1v) is 11.5. The molecular weight excluding hydrogens is 458 g/mol. The zero-order valence-corrected chi connectivity index (χ0v) is 19.8. The number of aromatic nitrogens is 1. The summed E-state index contributed by atoms with van der Waals surface area (Å²) in [6, 6.07) is 19.1. The zero-order chi connectivity index (χ0) is 25.8. The minimum absolute atomic E-state index is 0.133. The molecule has 0 saturated carbocycles. The lowest BCUT2D eigenvalue weighted by atomic mass is 10.0. The van der Waals surface area contributed by atoms with E-state index < -0.39 is 34.8 Å². The number of amides is 2. The summed E-state index contributed by atoms with van der Waals surface area (Å²) in [6.07, 6.45) is 2.10. The van der Waals surface area contributed by atoms with Crippen LogP contribution < -0.4 is 16.1 Å². The van der Waals surface area contributed by atoms with Gasteiger partial charge in [-0.25, -0.2) is 4.79 Å². The van der Waals surface area contributed by atoms with Gasteiger partial charge in [-0.15, -0.1) is 0 Å². The Hall–Kier alpha value is -4.72. The molecule has 8 nitrogen and oxygen atoms in total. The fourth-order valence-electron chi connectivity index (χ4n) is 3.80. The maximum absolute atomic E-state index is 12.7. The van der Waals surface area contributed by atoms with Crippen LogP contribution in [0.1, 0.15) is 40.1 Å². The largest absolute Gasteiger partial charge is 0.477 e. The van der Waals surface area contributed by atoms with Crippen molar-refractivity contribution in [3.63, 3.8) is 0 Å². The third-order valence-corrected chi connectivity index (χ3v) is 5.96. The van der Waals surface area contributed by atoms with Gasteiger partial charge in [0, 0.05) is 28.4 Å². The smallest absolute Gasteiger partial charge is 0.341 e. The molecule has 1 aromatic heterocycles. The number of carbonyl (C=O) groups excluding carboxylic acids is 2. The molecule has 2 amide bonds. The Balaban J connectivity index is 1.42. The van der Waals surface area contributed by atoms with Crippen LogP contribution in [0.5, 0.6) is 0 Å². The molecule has 1 atom stereocenters. The molecule has 0 aliphatic carbocycles. The molecule has 0 bridgehead atoms. The van der Waals surface area contributed by atoms with E-state index in [-0.39, 0.29) is 5.39 Å². The van der Waals surface area contributed by atoms with Crippen LogP contribution in [0.25, 0.3) is 22.0 Å². The van der Waals surface area contributed by atoms with Crippen molar-refractivity contribution in [3.05, 3.63) is 99.8 Å². The van der Waals surface area contributed by atoms with Crippen molar-refractivity contribution in [2.75, 3.05) is 5.32 Å². The SMILES string of the molecule is CCc1ccc(-c2ccc(C(=O)N[C@@H](C)C(=O)Nc3ccc4[nH]cc(C(=O)O)c(=O)c4c3)cc2)cc1.